The summed E-state index contributed by atoms with van der Waals surface area (Å²) in [6.07, 6.45) is 13.5. The molecule has 0 aliphatic carbocycles. The van der Waals surface area contributed by atoms with E-state index >= 15 is 0 Å². The van der Waals surface area contributed by atoms with Crippen LogP contribution in [0.5, 0.6) is 0 Å². The predicted octanol–water partition coefficient (Wildman–Crippen LogP) is 5.03. The third kappa shape index (κ3) is 8.82. The van der Waals surface area contributed by atoms with Crippen molar-refractivity contribution in [2.75, 3.05) is 59.3 Å². The molecule has 7 nitrogen and oxygen atoms in total. The van der Waals surface area contributed by atoms with Gasteiger partial charge in [-0.3, -0.25) is 4.90 Å². The first-order valence-corrected chi connectivity index (χ1v) is 15.6. The highest BCUT2D eigenvalue weighted by Gasteiger charge is 2.18. The highest BCUT2D eigenvalue weighted by atomic mass is 15.4. The summed E-state index contributed by atoms with van der Waals surface area (Å²) >= 11 is 0. The molecule has 0 fully saturated rings. The second-order valence-electron chi connectivity index (χ2n) is 11.8. The molecule has 43 heavy (non-hydrogen) atoms. The Morgan fingerprint density at radius 3 is 0.953 bits per heavy atom. The normalized spacial score (nSPS) is 16.1. The average molecular weight is 576 g/mol. The van der Waals surface area contributed by atoms with Crippen LogP contribution in [0.3, 0.4) is 0 Å². The van der Waals surface area contributed by atoms with E-state index in [2.05, 4.69) is 162 Å². The van der Waals surface area contributed by atoms with Crippen LogP contribution in [0.2, 0.25) is 0 Å². The Morgan fingerprint density at radius 2 is 0.651 bits per heavy atom. The maximum atomic E-state index is 2.65. The van der Waals surface area contributed by atoms with Gasteiger partial charge in [-0.25, -0.2) is 0 Å². The molecule has 7 heteroatoms. The Hall–Kier alpha value is -4.36. The standard InChI is InChI=1S/C36H45N7/c1-4-10-34(11-5-1)28-41-25-22-38(31-41)19-16-37(17-20-39-23-26-42(32-39)29-35-12-6-2-7-13-35)18-21-40-24-27-43(33-40)30-36-14-8-3-9-15-36/h1-15,22-27H,16-21,28-33H2. The molecule has 0 saturated heterocycles. The number of nitrogens with zero attached hydrogens (tertiary/aromatic N) is 7. The summed E-state index contributed by atoms with van der Waals surface area (Å²) in [5, 5.41) is 0. The van der Waals surface area contributed by atoms with Crippen LogP contribution in [0, 0.1) is 0 Å². The molecule has 0 saturated carbocycles. The van der Waals surface area contributed by atoms with Crippen molar-refractivity contribution in [2.45, 2.75) is 19.6 Å². The van der Waals surface area contributed by atoms with Crippen molar-refractivity contribution in [1.29, 1.82) is 0 Å². The van der Waals surface area contributed by atoms with Crippen molar-refractivity contribution >= 4 is 0 Å². The number of benzene rings is 3. The fraction of sp³-hybridized carbons (Fsp3) is 0.333. The summed E-state index contributed by atoms with van der Waals surface area (Å²) < 4.78 is 0. The summed E-state index contributed by atoms with van der Waals surface area (Å²) in [5.41, 5.74) is 4.07. The van der Waals surface area contributed by atoms with Crippen molar-refractivity contribution in [1.82, 2.24) is 34.3 Å². The minimum absolute atomic E-state index is 0.954. The van der Waals surface area contributed by atoms with E-state index in [-0.39, 0.29) is 0 Å². The minimum Gasteiger partial charge on any atom is -0.357 e. The molecule has 0 spiro atoms. The summed E-state index contributed by atoms with van der Waals surface area (Å²) in [4.78, 5) is 17.2. The molecule has 3 aromatic carbocycles. The fourth-order valence-electron chi connectivity index (χ4n) is 5.89. The van der Waals surface area contributed by atoms with Crippen molar-refractivity contribution < 1.29 is 0 Å². The van der Waals surface area contributed by atoms with Gasteiger partial charge in [0.05, 0.1) is 20.0 Å². The largest absolute Gasteiger partial charge is 0.357 e. The Kier molecular flexibility index (Phi) is 9.82. The van der Waals surface area contributed by atoms with Crippen LogP contribution < -0.4 is 0 Å². The van der Waals surface area contributed by atoms with Gasteiger partial charge in [-0.1, -0.05) is 91.0 Å². The highest BCUT2D eigenvalue weighted by molar-refractivity contribution is 5.17. The molecule has 0 atom stereocenters. The van der Waals surface area contributed by atoms with Crippen LogP contribution >= 0.6 is 0 Å². The smallest absolute Gasteiger partial charge is 0.0897 e. The molecular weight excluding hydrogens is 530 g/mol. The highest BCUT2D eigenvalue weighted by Crippen LogP contribution is 2.15. The molecule has 0 aromatic heterocycles. The van der Waals surface area contributed by atoms with E-state index in [4.69, 9.17) is 0 Å². The van der Waals surface area contributed by atoms with Crippen molar-refractivity contribution in [3.05, 3.63) is 145 Å². The van der Waals surface area contributed by atoms with Gasteiger partial charge in [0, 0.05) is 96.1 Å². The Bertz CT molecular complexity index is 1160. The minimum atomic E-state index is 0.954. The monoisotopic (exact) mass is 575 g/mol. The molecular formula is C36H45N7. The first-order chi connectivity index (χ1) is 21.2. The zero-order chi connectivity index (χ0) is 29.1. The number of rotatable bonds is 15. The molecule has 3 aliphatic heterocycles. The molecule has 0 amide bonds. The third-order valence-corrected chi connectivity index (χ3v) is 8.35. The zero-order valence-corrected chi connectivity index (χ0v) is 25.2. The summed E-state index contributed by atoms with van der Waals surface area (Å²) in [7, 11) is 0. The van der Waals surface area contributed by atoms with E-state index in [1.165, 1.54) is 16.7 Å². The van der Waals surface area contributed by atoms with Crippen LogP contribution in [0.4, 0.5) is 0 Å². The maximum absolute atomic E-state index is 2.65. The van der Waals surface area contributed by atoms with E-state index in [1.54, 1.807) is 0 Å². The summed E-state index contributed by atoms with van der Waals surface area (Å²) in [6, 6.07) is 32.2. The van der Waals surface area contributed by atoms with Crippen LogP contribution in [0.1, 0.15) is 16.7 Å². The molecule has 3 aromatic rings. The van der Waals surface area contributed by atoms with Gasteiger partial charge in [0.2, 0.25) is 0 Å². The Morgan fingerprint density at radius 1 is 0.372 bits per heavy atom. The van der Waals surface area contributed by atoms with Crippen molar-refractivity contribution in [3.63, 3.8) is 0 Å². The van der Waals surface area contributed by atoms with Crippen molar-refractivity contribution in [2.24, 2.45) is 0 Å². The lowest BCUT2D eigenvalue weighted by atomic mass is 10.2. The first-order valence-electron chi connectivity index (χ1n) is 15.6. The number of hydrogen-bond acceptors (Lipinski definition) is 7. The van der Waals surface area contributed by atoms with Gasteiger partial charge >= 0.3 is 0 Å². The predicted molar refractivity (Wildman–Crippen MR) is 175 cm³/mol. The first kappa shape index (κ1) is 28.7. The lowest BCUT2D eigenvalue weighted by Gasteiger charge is -2.30. The maximum Gasteiger partial charge on any atom is 0.0897 e. The second kappa shape index (κ2) is 14.7. The lowest BCUT2D eigenvalue weighted by Crippen LogP contribution is -2.42. The van der Waals surface area contributed by atoms with Gasteiger partial charge in [-0.2, -0.15) is 0 Å². The van der Waals surface area contributed by atoms with Gasteiger partial charge in [0.1, 0.15) is 0 Å². The molecule has 0 N–H and O–H groups in total. The molecule has 0 bridgehead atoms. The zero-order valence-electron chi connectivity index (χ0n) is 25.2. The Labute approximate surface area is 257 Å². The second-order valence-corrected chi connectivity index (χ2v) is 11.8. The Balaban J connectivity index is 0.976. The van der Waals surface area contributed by atoms with Crippen LogP contribution in [-0.4, -0.2) is 93.6 Å². The van der Waals surface area contributed by atoms with Gasteiger partial charge < -0.3 is 29.4 Å². The van der Waals surface area contributed by atoms with Crippen LogP contribution in [0.15, 0.2) is 128 Å². The number of hydrogen-bond donors (Lipinski definition) is 0. The molecule has 0 unspecified atom stereocenters. The van der Waals surface area contributed by atoms with Gasteiger partial charge in [-0.05, 0) is 16.7 Å². The van der Waals surface area contributed by atoms with E-state index in [0.29, 0.717) is 0 Å². The summed E-state index contributed by atoms with van der Waals surface area (Å²) in [6.45, 7) is 12.0. The molecule has 224 valence electrons. The van der Waals surface area contributed by atoms with Crippen LogP contribution in [-0.2, 0) is 19.6 Å². The average Bonchev–Trinajstić information content (AvgIpc) is 3.80. The van der Waals surface area contributed by atoms with Crippen molar-refractivity contribution in [3.8, 4) is 0 Å². The van der Waals surface area contributed by atoms with Gasteiger partial charge in [0.25, 0.3) is 0 Å². The molecule has 3 heterocycles. The quantitative estimate of drug-likeness (QED) is 0.251. The molecule has 3 aliphatic rings. The topological polar surface area (TPSA) is 22.7 Å². The fourth-order valence-corrected chi connectivity index (χ4v) is 5.89. The van der Waals surface area contributed by atoms with E-state index in [1.807, 2.05) is 0 Å². The SMILES string of the molecule is C1=CN(Cc2ccccc2)CN1CCN(CCN1C=CN(Cc2ccccc2)C1)CCN1C=CN(Cc2ccccc2)C1. The summed E-state index contributed by atoms with van der Waals surface area (Å²) in [5.74, 6) is 0. The third-order valence-electron chi connectivity index (χ3n) is 8.35. The van der Waals surface area contributed by atoms with E-state index in [9.17, 15) is 0 Å². The van der Waals surface area contributed by atoms with E-state index < -0.39 is 0 Å². The van der Waals surface area contributed by atoms with E-state index in [0.717, 1.165) is 78.9 Å². The van der Waals surface area contributed by atoms with Crippen LogP contribution in [0.25, 0.3) is 0 Å². The lowest BCUT2D eigenvalue weighted by molar-refractivity contribution is 0.167. The molecule has 0 radical (unpaired) electrons. The molecule has 6 rings (SSSR count). The van der Waals surface area contributed by atoms with Gasteiger partial charge in [0.15, 0.2) is 0 Å². The van der Waals surface area contributed by atoms with Gasteiger partial charge in [-0.15, -0.1) is 0 Å².